The van der Waals surface area contributed by atoms with Gasteiger partial charge in [-0.15, -0.1) is 11.3 Å². The Bertz CT molecular complexity index is 3800. The number of thiophene rings is 1. The third-order valence-corrected chi connectivity index (χ3v) is 13.2. The molecule has 0 atom stereocenters. The van der Waals surface area contributed by atoms with E-state index < -0.39 is 0 Å². The number of para-hydroxylation sites is 1. The minimum atomic E-state index is 0.601. The highest BCUT2D eigenvalue weighted by Gasteiger charge is 2.22. The Morgan fingerprint density at radius 2 is 1.09 bits per heavy atom. The fourth-order valence-electron chi connectivity index (χ4n) is 8.88. The number of nitrogens with zero attached hydrogens (tertiary/aromatic N) is 5. The molecule has 0 amide bonds. The molecule has 0 fully saturated rings. The predicted octanol–water partition coefficient (Wildman–Crippen LogP) is 15.3. The van der Waals surface area contributed by atoms with E-state index >= 15 is 0 Å². The molecule has 4 heterocycles. The van der Waals surface area contributed by atoms with Crippen molar-refractivity contribution in [2.45, 2.75) is 6.92 Å². The molecule has 0 unspecified atom stereocenters. The van der Waals surface area contributed by atoms with Gasteiger partial charge in [0.2, 0.25) is 0 Å². The molecule has 0 aliphatic rings. The fraction of sp³-hybridized carbons (Fsp3) is 0.0172. The molecule has 7 heteroatoms. The first-order valence-corrected chi connectivity index (χ1v) is 22.3. The molecule has 0 spiro atoms. The van der Waals surface area contributed by atoms with Gasteiger partial charge in [-0.3, -0.25) is 0 Å². The van der Waals surface area contributed by atoms with Crippen LogP contribution < -0.4 is 0 Å². The highest BCUT2D eigenvalue weighted by Crippen LogP contribution is 2.42. The van der Waals surface area contributed by atoms with Crippen LogP contribution >= 0.6 is 11.3 Å². The number of fused-ring (bicyclic) bond motifs is 6. The van der Waals surface area contributed by atoms with E-state index in [1.807, 2.05) is 84.9 Å². The molecule has 0 saturated carbocycles. The topological polar surface area (TPSA) is 77.6 Å². The monoisotopic (exact) mass is 851 g/mol. The molecule has 0 bridgehead atoms. The Labute approximate surface area is 378 Å². The Balaban J connectivity index is 0.987. The smallest absolute Gasteiger partial charge is 0.180 e. The summed E-state index contributed by atoms with van der Waals surface area (Å²) >= 11 is 1.75. The summed E-state index contributed by atoms with van der Waals surface area (Å²) < 4.78 is 8.67. The van der Waals surface area contributed by atoms with Crippen LogP contribution in [0, 0.1) is 6.92 Å². The minimum absolute atomic E-state index is 0.601. The van der Waals surface area contributed by atoms with Gasteiger partial charge in [0.05, 0.1) is 0 Å². The molecule has 12 aromatic rings. The summed E-state index contributed by atoms with van der Waals surface area (Å²) in [7, 11) is 0. The highest BCUT2D eigenvalue weighted by molar-refractivity contribution is 7.25. The molecule has 65 heavy (non-hydrogen) atoms. The molecule has 0 aliphatic heterocycles. The normalized spacial score (nSPS) is 11.5. The van der Waals surface area contributed by atoms with E-state index in [2.05, 4.69) is 123 Å². The lowest BCUT2D eigenvalue weighted by Gasteiger charge is -2.18. The van der Waals surface area contributed by atoms with Crippen molar-refractivity contribution >= 4 is 59.2 Å². The Kier molecular flexibility index (Phi) is 9.28. The lowest BCUT2D eigenvalue weighted by atomic mass is 9.87. The summed E-state index contributed by atoms with van der Waals surface area (Å²) in [5.74, 6) is 2.46. The van der Waals surface area contributed by atoms with Gasteiger partial charge in [-0.05, 0) is 76.7 Å². The van der Waals surface area contributed by atoms with E-state index in [-0.39, 0.29) is 0 Å². The largest absolute Gasteiger partial charge is 0.452 e. The maximum absolute atomic E-state index is 6.37. The predicted molar refractivity (Wildman–Crippen MR) is 268 cm³/mol. The molecule has 0 aliphatic carbocycles. The van der Waals surface area contributed by atoms with Crippen molar-refractivity contribution in [3.05, 3.63) is 217 Å². The van der Waals surface area contributed by atoms with Gasteiger partial charge in [0.25, 0.3) is 0 Å². The van der Waals surface area contributed by atoms with Crippen molar-refractivity contribution in [2.24, 2.45) is 0 Å². The maximum atomic E-state index is 6.37. The quantitative estimate of drug-likeness (QED) is 0.152. The van der Waals surface area contributed by atoms with Crippen molar-refractivity contribution < 1.29 is 4.42 Å². The first kappa shape index (κ1) is 38.3. The van der Waals surface area contributed by atoms with Gasteiger partial charge in [0, 0.05) is 53.4 Å². The number of furan rings is 1. The standard InChI is InChI=1S/C58H37N5OS/c1-35-17-16-27-46(51(35)44-25-13-12-24-42(44)36(2)37-18-6-3-7-19-37)58-62-55(39-22-10-5-11-23-39)61-57(63-58)40-30-32-49-47(33-40)43-31-29-41(34-50(43)65-49)56-59-52(38-20-8-4-9-21-38)54-53(60-56)45-26-14-15-28-48(45)64-54/h3-34H,2H2,1H3. The van der Waals surface area contributed by atoms with Gasteiger partial charge in [-0.2, -0.15) is 0 Å². The lowest BCUT2D eigenvalue weighted by Crippen LogP contribution is -2.02. The van der Waals surface area contributed by atoms with Crippen LogP contribution in [0.15, 0.2) is 205 Å². The van der Waals surface area contributed by atoms with Crippen molar-refractivity contribution in [1.82, 2.24) is 24.9 Å². The molecule has 306 valence electrons. The van der Waals surface area contributed by atoms with Gasteiger partial charge < -0.3 is 4.42 Å². The molecule has 12 rings (SSSR count). The van der Waals surface area contributed by atoms with E-state index in [9.17, 15) is 0 Å². The van der Waals surface area contributed by atoms with Gasteiger partial charge in [0.15, 0.2) is 28.9 Å². The van der Waals surface area contributed by atoms with E-state index in [4.69, 9.17) is 29.3 Å². The third-order valence-electron chi connectivity index (χ3n) is 12.1. The Hall–Kier alpha value is -8.39. The van der Waals surface area contributed by atoms with Crippen LogP contribution in [0.1, 0.15) is 16.7 Å². The zero-order valence-corrected chi connectivity index (χ0v) is 36.1. The summed E-state index contributed by atoms with van der Waals surface area (Å²) in [6, 6.07) is 66.5. The molecular formula is C58H37N5OS. The van der Waals surface area contributed by atoms with Crippen LogP contribution in [0.5, 0.6) is 0 Å². The van der Waals surface area contributed by atoms with Crippen molar-refractivity contribution in [3.8, 4) is 67.9 Å². The van der Waals surface area contributed by atoms with Crippen molar-refractivity contribution in [2.75, 3.05) is 0 Å². The van der Waals surface area contributed by atoms with E-state index in [1.54, 1.807) is 11.3 Å². The molecular weight excluding hydrogens is 815 g/mol. The lowest BCUT2D eigenvalue weighted by molar-refractivity contribution is 0.667. The summed E-state index contributed by atoms with van der Waals surface area (Å²) in [6.45, 7) is 6.71. The summed E-state index contributed by atoms with van der Waals surface area (Å²) in [6.07, 6.45) is 0. The maximum Gasteiger partial charge on any atom is 0.180 e. The zero-order chi connectivity index (χ0) is 43.4. The highest BCUT2D eigenvalue weighted by atomic mass is 32.1. The van der Waals surface area contributed by atoms with E-state index in [1.165, 1.54) is 0 Å². The molecule has 4 aromatic heterocycles. The summed E-state index contributed by atoms with van der Waals surface area (Å²) in [5.41, 5.74) is 14.0. The van der Waals surface area contributed by atoms with Crippen molar-refractivity contribution in [1.29, 1.82) is 0 Å². The average Bonchev–Trinajstić information content (AvgIpc) is 3.94. The van der Waals surface area contributed by atoms with Gasteiger partial charge in [-0.25, -0.2) is 24.9 Å². The fourth-order valence-corrected chi connectivity index (χ4v) is 10.0. The SMILES string of the molecule is C=C(c1ccccc1)c1ccccc1-c1c(C)cccc1-c1nc(-c2ccccc2)nc(-c2ccc3sc4cc(-c5nc(-c6ccccc6)c6oc7ccccc7c6n5)ccc4c3c2)n1. The van der Waals surface area contributed by atoms with Gasteiger partial charge in [-0.1, -0.05) is 164 Å². The van der Waals surface area contributed by atoms with Crippen molar-refractivity contribution in [3.63, 3.8) is 0 Å². The van der Waals surface area contributed by atoms with Crippen LogP contribution in [0.25, 0.3) is 116 Å². The van der Waals surface area contributed by atoms with Gasteiger partial charge >= 0.3 is 0 Å². The first-order chi connectivity index (χ1) is 32.0. The average molecular weight is 852 g/mol. The third kappa shape index (κ3) is 6.77. The summed E-state index contributed by atoms with van der Waals surface area (Å²) in [5, 5.41) is 3.24. The number of benzene rings is 8. The number of hydrogen-bond acceptors (Lipinski definition) is 7. The second kappa shape index (κ2) is 15.8. The second-order valence-electron chi connectivity index (χ2n) is 16.1. The van der Waals surface area contributed by atoms with E-state index in [0.29, 0.717) is 28.9 Å². The number of aryl methyl sites for hydroxylation is 1. The second-order valence-corrected chi connectivity index (χ2v) is 17.2. The molecule has 0 radical (unpaired) electrons. The van der Waals surface area contributed by atoms with Crippen LogP contribution in [-0.4, -0.2) is 24.9 Å². The van der Waals surface area contributed by atoms with Gasteiger partial charge in [0.1, 0.15) is 16.8 Å². The van der Waals surface area contributed by atoms with Crippen LogP contribution in [-0.2, 0) is 0 Å². The summed E-state index contributed by atoms with van der Waals surface area (Å²) in [4.78, 5) is 25.9. The number of rotatable bonds is 8. The molecule has 8 aromatic carbocycles. The Morgan fingerprint density at radius 1 is 0.462 bits per heavy atom. The molecule has 0 saturated heterocycles. The number of aromatic nitrogens is 5. The molecule has 0 N–H and O–H groups in total. The number of hydrogen-bond donors (Lipinski definition) is 0. The molecule has 6 nitrogen and oxygen atoms in total. The van der Waals surface area contributed by atoms with Crippen LogP contribution in [0.3, 0.4) is 0 Å². The van der Waals surface area contributed by atoms with Crippen LogP contribution in [0.4, 0.5) is 0 Å². The minimum Gasteiger partial charge on any atom is -0.452 e. The van der Waals surface area contributed by atoms with E-state index in [0.717, 1.165) is 104 Å². The van der Waals surface area contributed by atoms with Crippen LogP contribution in [0.2, 0.25) is 0 Å². The zero-order valence-electron chi connectivity index (χ0n) is 35.2. The Morgan fingerprint density at radius 3 is 1.91 bits per heavy atom. The first-order valence-electron chi connectivity index (χ1n) is 21.5.